The predicted octanol–water partition coefficient (Wildman–Crippen LogP) is 3.44. The standard InChI is InChI=1S/C16H18N2O4S2/c1-24(21,22)15-11-14(18(19)20)16(23-15)17-9-7-13(8-10-17)12-5-3-2-4-6-12/h2-6,11,13H,7-10H2,1H3. The first-order valence-electron chi connectivity index (χ1n) is 7.64. The summed E-state index contributed by atoms with van der Waals surface area (Å²) in [7, 11) is -3.44. The van der Waals surface area contributed by atoms with Crippen molar-refractivity contribution in [2.45, 2.75) is 23.0 Å². The zero-order valence-electron chi connectivity index (χ0n) is 13.2. The van der Waals surface area contributed by atoms with E-state index in [1.807, 2.05) is 23.1 Å². The van der Waals surface area contributed by atoms with Gasteiger partial charge in [0.25, 0.3) is 0 Å². The van der Waals surface area contributed by atoms with Crippen LogP contribution in [0.1, 0.15) is 24.3 Å². The van der Waals surface area contributed by atoms with Crippen LogP contribution in [0.4, 0.5) is 10.7 Å². The van der Waals surface area contributed by atoms with E-state index >= 15 is 0 Å². The molecule has 0 bridgehead atoms. The van der Waals surface area contributed by atoms with Gasteiger partial charge in [-0.3, -0.25) is 10.1 Å². The minimum Gasteiger partial charge on any atom is -0.358 e. The molecular formula is C16H18N2O4S2. The molecule has 0 atom stereocenters. The van der Waals surface area contributed by atoms with Crippen LogP contribution in [-0.4, -0.2) is 32.7 Å². The molecule has 0 spiro atoms. The van der Waals surface area contributed by atoms with Crippen molar-refractivity contribution in [3.05, 3.63) is 52.1 Å². The van der Waals surface area contributed by atoms with Gasteiger partial charge in [0, 0.05) is 25.4 Å². The van der Waals surface area contributed by atoms with Crippen LogP contribution >= 0.6 is 11.3 Å². The van der Waals surface area contributed by atoms with E-state index in [0.29, 0.717) is 24.0 Å². The molecular weight excluding hydrogens is 348 g/mol. The monoisotopic (exact) mass is 366 g/mol. The summed E-state index contributed by atoms with van der Waals surface area (Å²) in [5, 5.41) is 11.7. The van der Waals surface area contributed by atoms with Crippen molar-refractivity contribution < 1.29 is 13.3 Å². The summed E-state index contributed by atoms with van der Waals surface area (Å²) in [5.74, 6) is 0.441. The first-order valence-corrected chi connectivity index (χ1v) is 10.3. The summed E-state index contributed by atoms with van der Waals surface area (Å²) in [6, 6.07) is 11.4. The number of thiophene rings is 1. The number of rotatable bonds is 4. The van der Waals surface area contributed by atoms with E-state index in [9.17, 15) is 18.5 Å². The predicted molar refractivity (Wildman–Crippen MR) is 94.7 cm³/mol. The number of nitro groups is 1. The summed E-state index contributed by atoms with van der Waals surface area (Å²) in [6.45, 7) is 1.37. The van der Waals surface area contributed by atoms with Crippen LogP contribution in [0.3, 0.4) is 0 Å². The third-order valence-electron chi connectivity index (χ3n) is 4.29. The third-order valence-corrected chi connectivity index (χ3v) is 7.27. The second-order valence-electron chi connectivity index (χ2n) is 5.96. The molecule has 8 heteroatoms. The lowest BCUT2D eigenvalue weighted by Crippen LogP contribution is -2.32. The maximum atomic E-state index is 11.7. The maximum absolute atomic E-state index is 11.7. The topological polar surface area (TPSA) is 80.5 Å². The Bertz CT molecular complexity index is 838. The number of hydrogen-bond acceptors (Lipinski definition) is 6. The lowest BCUT2D eigenvalue weighted by molar-refractivity contribution is -0.383. The van der Waals surface area contributed by atoms with Gasteiger partial charge in [0.05, 0.1) is 4.92 Å². The van der Waals surface area contributed by atoms with Crippen molar-refractivity contribution in [1.29, 1.82) is 0 Å². The van der Waals surface area contributed by atoms with Gasteiger partial charge in [-0.1, -0.05) is 41.7 Å². The Hall–Kier alpha value is -1.93. The quantitative estimate of drug-likeness (QED) is 0.611. The van der Waals surface area contributed by atoms with Crippen molar-refractivity contribution in [1.82, 2.24) is 0 Å². The molecule has 1 fully saturated rings. The highest BCUT2D eigenvalue weighted by Crippen LogP contribution is 2.42. The van der Waals surface area contributed by atoms with Crippen molar-refractivity contribution >= 4 is 31.9 Å². The Morgan fingerprint density at radius 3 is 2.38 bits per heavy atom. The van der Waals surface area contributed by atoms with Gasteiger partial charge >= 0.3 is 5.69 Å². The molecule has 1 aromatic carbocycles. The van der Waals surface area contributed by atoms with E-state index in [0.717, 1.165) is 30.4 Å². The Morgan fingerprint density at radius 2 is 1.83 bits per heavy atom. The van der Waals surface area contributed by atoms with Gasteiger partial charge in [0.15, 0.2) is 14.8 Å². The summed E-state index contributed by atoms with van der Waals surface area (Å²) in [5.41, 5.74) is 1.17. The maximum Gasteiger partial charge on any atom is 0.305 e. The van der Waals surface area contributed by atoms with Gasteiger partial charge in [-0.25, -0.2) is 8.42 Å². The molecule has 1 saturated heterocycles. The first-order chi connectivity index (χ1) is 11.4. The average Bonchev–Trinajstić information content (AvgIpc) is 3.02. The van der Waals surface area contributed by atoms with Crippen LogP contribution in [0.2, 0.25) is 0 Å². The molecule has 1 aliphatic heterocycles. The zero-order valence-corrected chi connectivity index (χ0v) is 14.8. The van der Waals surface area contributed by atoms with Crippen molar-refractivity contribution in [3.63, 3.8) is 0 Å². The van der Waals surface area contributed by atoms with E-state index < -0.39 is 14.8 Å². The molecule has 2 aromatic rings. The van der Waals surface area contributed by atoms with Crippen LogP contribution in [0, 0.1) is 10.1 Å². The van der Waals surface area contributed by atoms with Gasteiger partial charge < -0.3 is 4.90 Å². The molecule has 2 heterocycles. The molecule has 0 radical (unpaired) electrons. The highest BCUT2D eigenvalue weighted by molar-refractivity contribution is 7.92. The minimum atomic E-state index is -3.44. The molecule has 0 aliphatic carbocycles. The summed E-state index contributed by atoms with van der Waals surface area (Å²) >= 11 is 0.995. The number of sulfone groups is 1. The molecule has 24 heavy (non-hydrogen) atoms. The number of benzene rings is 1. The van der Waals surface area contributed by atoms with Crippen LogP contribution in [0.15, 0.2) is 40.6 Å². The number of anilines is 1. The van der Waals surface area contributed by atoms with E-state index in [-0.39, 0.29) is 9.90 Å². The summed E-state index contributed by atoms with van der Waals surface area (Å²) in [6.07, 6.45) is 2.87. The van der Waals surface area contributed by atoms with E-state index in [4.69, 9.17) is 0 Å². The molecule has 1 aromatic heterocycles. The minimum absolute atomic E-state index is 0.0504. The summed E-state index contributed by atoms with van der Waals surface area (Å²) < 4.78 is 23.5. The lowest BCUT2D eigenvalue weighted by atomic mass is 9.89. The van der Waals surface area contributed by atoms with Crippen LogP contribution < -0.4 is 4.90 Å². The van der Waals surface area contributed by atoms with Gasteiger partial charge in [-0.2, -0.15) is 0 Å². The molecule has 1 aliphatic rings. The Morgan fingerprint density at radius 1 is 1.21 bits per heavy atom. The lowest BCUT2D eigenvalue weighted by Gasteiger charge is -2.32. The van der Waals surface area contributed by atoms with Crippen LogP contribution in [0.25, 0.3) is 0 Å². The molecule has 0 N–H and O–H groups in total. The van der Waals surface area contributed by atoms with Gasteiger partial charge in [-0.05, 0) is 24.3 Å². The zero-order chi connectivity index (χ0) is 17.3. The summed E-state index contributed by atoms with van der Waals surface area (Å²) in [4.78, 5) is 12.7. The van der Waals surface area contributed by atoms with E-state index in [2.05, 4.69) is 12.1 Å². The van der Waals surface area contributed by atoms with E-state index in [1.54, 1.807) is 0 Å². The molecule has 128 valence electrons. The third kappa shape index (κ3) is 3.44. The van der Waals surface area contributed by atoms with Crippen LogP contribution in [-0.2, 0) is 9.84 Å². The molecule has 0 saturated carbocycles. The second kappa shape index (κ2) is 6.52. The van der Waals surface area contributed by atoms with E-state index in [1.165, 1.54) is 11.6 Å². The molecule has 0 amide bonds. The Labute approximate surface area is 144 Å². The fourth-order valence-corrected chi connectivity index (χ4v) is 5.11. The molecule has 3 rings (SSSR count). The fraction of sp³-hybridized carbons (Fsp3) is 0.375. The normalized spacial score (nSPS) is 16.3. The van der Waals surface area contributed by atoms with Gasteiger partial charge in [0.2, 0.25) is 0 Å². The number of piperidine rings is 1. The largest absolute Gasteiger partial charge is 0.358 e. The molecule has 6 nitrogen and oxygen atoms in total. The van der Waals surface area contributed by atoms with Crippen molar-refractivity contribution in [3.8, 4) is 0 Å². The number of hydrogen-bond donors (Lipinski definition) is 0. The van der Waals surface area contributed by atoms with Crippen molar-refractivity contribution in [2.75, 3.05) is 24.2 Å². The van der Waals surface area contributed by atoms with Gasteiger partial charge in [-0.15, -0.1) is 0 Å². The van der Waals surface area contributed by atoms with Gasteiger partial charge in [0.1, 0.15) is 4.21 Å². The highest BCUT2D eigenvalue weighted by Gasteiger charge is 2.30. The Kier molecular flexibility index (Phi) is 4.60. The molecule has 0 unspecified atom stereocenters. The van der Waals surface area contributed by atoms with Crippen LogP contribution in [0.5, 0.6) is 0 Å². The second-order valence-corrected chi connectivity index (χ2v) is 9.23. The highest BCUT2D eigenvalue weighted by atomic mass is 32.2. The first kappa shape index (κ1) is 16.9. The SMILES string of the molecule is CS(=O)(=O)c1cc([N+](=O)[O-])c(N2CCC(c3ccccc3)CC2)s1. The van der Waals surface area contributed by atoms with Crippen molar-refractivity contribution in [2.24, 2.45) is 0 Å². The average molecular weight is 366 g/mol. The smallest absolute Gasteiger partial charge is 0.305 e. The number of nitrogens with zero attached hydrogens (tertiary/aromatic N) is 2. The Balaban J connectivity index is 1.81. The fourth-order valence-electron chi connectivity index (χ4n) is 3.03.